The quantitative estimate of drug-likeness (QED) is 0.0509. The van der Waals surface area contributed by atoms with Crippen LogP contribution in [0.3, 0.4) is 0 Å². The second-order valence-corrected chi connectivity index (χ2v) is 16.8. The Morgan fingerprint density at radius 2 is 0.508 bits per heavy atom. The Hall–Kier alpha value is -2.42. The summed E-state index contributed by atoms with van der Waals surface area (Å²) in [5.41, 5.74) is 1.14. The first-order valence-corrected chi connectivity index (χ1v) is 24.5. The van der Waals surface area contributed by atoms with Crippen molar-refractivity contribution in [2.24, 2.45) is 0 Å². The van der Waals surface area contributed by atoms with E-state index in [-0.39, 0.29) is 60.7 Å². The van der Waals surface area contributed by atoms with E-state index in [9.17, 15) is 29.4 Å². The van der Waals surface area contributed by atoms with E-state index in [2.05, 4.69) is 24.5 Å². The molecule has 9 heteroatoms. The van der Waals surface area contributed by atoms with Crippen molar-refractivity contribution >= 4 is 61.5 Å². The first-order valence-electron chi connectivity index (χ1n) is 24.5. The van der Waals surface area contributed by atoms with Crippen LogP contribution in [0.4, 0.5) is 0 Å². The van der Waals surface area contributed by atoms with Crippen LogP contribution in [0.25, 0.3) is 0 Å². The topological polar surface area (TPSA) is 138 Å². The summed E-state index contributed by atoms with van der Waals surface area (Å²) in [5, 5.41) is 27.2. The predicted octanol–water partition coefficient (Wildman–Crippen LogP) is 11.7. The second kappa shape index (κ2) is 42.9. The van der Waals surface area contributed by atoms with Gasteiger partial charge in [-0.3, -0.25) is 9.59 Å². The van der Waals surface area contributed by atoms with Gasteiger partial charge in [-0.25, -0.2) is 0 Å². The van der Waals surface area contributed by atoms with Gasteiger partial charge in [-0.1, -0.05) is 231 Å². The van der Waals surface area contributed by atoms with Gasteiger partial charge in [0.05, 0.1) is 11.9 Å². The van der Waals surface area contributed by atoms with E-state index in [0.717, 1.165) is 25.7 Å². The number of carboxylic acid groups (broad SMARTS) is 2. The van der Waals surface area contributed by atoms with Gasteiger partial charge in [0, 0.05) is 24.2 Å². The van der Waals surface area contributed by atoms with Crippen LogP contribution in [0.15, 0.2) is 48.5 Å². The van der Waals surface area contributed by atoms with E-state index in [1.165, 1.54) is 228 Å². The molecule has 0 heterocycles. The van der Waals surface area contributed by atoms with E-state index in [1.54, 1.807) is 0 Å². The number of rotatable bonds is 38. The summed E-state index contributed by atoms with van der Waals surface area (Å²) in [6, 6.07) is 11.7. The van der Waals surface area contributed by atoms with Crippen molar-refractivity contribution in [2.75, 3.05) is 13.1 Å². The van der Waals surface area contributed by atoms with Crippen LogP contribution < -0.4 is 20.8 Å². The van der Waals surface area contributed by atoms with Crippen molar-refractivity contribution in [3.8, 4) is 0 Å². The fourth-order valence-corrected chi connectivity index (χ4v) is 7.47. The molecule has 0 aromatic heterocycles. The zero-order chi connectivity index (χ0) is 43.7. The Labute approximate surface area is 402 Å². The van der Waals surface area contributed by atoms with Gasteiger partial charge in [-0.2, -0.15) is 0 Å². The summed E-state index contributed by atoms with van der Waals surface area (Å²) in [5.74, 6) is -2.76. The van der Waals surface area contributed by atoms with Gasteiger partial charge in [-0.05, 0) is 48.2 Å². The standard InChI is InChI=1S/2C26H43NO3.Ca/c2*1-2-3-4-5-6-7-8-9-10-11-12-13-14-15-16-17-22-27-25(28)23-18-20-24(21-19-23)26(29)30;/h2*18-21H,2-17,22H2,1H3,(H,27,28)(H,29,30);/q;;+2/p-2. The number of carbonyl (C=O) groups excluding carboxylic acids is 4. The Morgan fingerprint density at radius 1 is 0.328 bits per heavy atom. The molecule has 0 atom stereocenters. The molecule has 2 rings (SSSR count). The molecule has 8 nitrogen and oxygen atoms in total. The van der Waals surface area contributed by atoms with Crippen molar-refractivity contribution in [1.29, 1.82) is 0 Å². The van der Waals surface area contributed by atoms with E-state index in [4.69, 9.17) is 0 Å². The summed E-state index contributed by atoms with van der Waals surface area (Å²) in [6.45, 7) is 5.87. The molecule has 0 aliphatic heterocycles. The molecule has 0 saturated heterocycles. The smallest absolute Gasteiger partial charge is 0.545 e. The van der Waals surface area contributed by atoms with Crippen molar-refractivity contribution < 1.29 is 29.4 Å². The number of hydrogen-bond donors (Lipinski definition) is 2. The second-order valence-electron chi connectivity index (χ2n) is 16.8. The van der Waals surface area contributed by atoms with Gasteiger partial charge in [0.1, 0.15) is 0 Å². The minimum atomic E-state index is -1.23. The van der Waals surface area contributed by atoms with Crippen molar-refractivity contribution in [1.82, 2.24) is 10.6 Å². The van der Waals surface area contributed by atoms with E-state index < -0.39 is 11.9 Å². The third-order valence-corrected chi connectivity index (χ3v) is 11.4. The van der Waals surface area contributed by atoms with Crippen LogP contribution in [0.5, 0.6) is 0 Å². The van der Waals surface area contributed by atoms with Crippen LogP contribution in [-0.4, -0.2) is 74.6 Å². The molecule has 0 spiro atoms. The fraction of sp³-hybridized carbons (Fsp3) is 0.692. The minimum absolute atomic E-state index is 0. The third-order valence-electron chi connectivity index (χ3n) is 11.4. The number of unbranched alkanes of at least 4 members (excludes halogenated alkanes) is 30. The number of hydrogen-bond acceptors (Lipinski definition) is 6. The summed E-state index contributed by atoms with van der Waals surface area (Å²) in [7, 11) is 0. The average Bonchev–Trinajstić information content (AvgIpc) is 3.26. The van der Waals surface area contributed by atoms with Crippen molar-refractivity contribution in [3.63, 3.8) is 0 Å². The molecule has 0 bridgehead atoms. The summed E-state index contributed by atoms with van der Waals surface area (Å²) in [4.78, 5) is 45.5. The normalized spacial score (nSPS) is 10.7. The maximum Gasteiger partial charge on any atom is 2.00 e. The molecule has 0 saturated carbocycles. The third kappa shape index (κ3) is 34.7. The monoisotopic (exact) mass is 873 g/mol. The number of amides is 2. The van der Waals surface area contributed by atoms with Crippen LogP contribution in [0, 0.1) is 0 Å². The Kier molecular flexibility index (Phi) is 41.2. The van der Waals surface area contributed by atoms with Crippen molar-refractivity contribution in [2.45, 2.75) is 219 Å². The number of carbonyl (C=O) groups is 4. The molecule has 2 amide bonds. The molecule has 0 radical (unpaired) electrons. The maximum atomic E-state index is 12.0. The van der Waals surface area contributed by atoms with E-state index in [1.807, 2.05) is 0 Å². The van der Waals surface area contributed by atoms with Crippen molar-refractivity contribution in [3.05, 3.63) is 70.8 Å². The molecule has 340 valence electrons. The van der Waals surface area contributed by atoms with E-state index in [0.29, 0.717) is 24.2 Å². The zero-order valence-corrected chi connectivity index (χ0v) is 41.0. The van der Waals surface area contributed by atoms with E-state index >= 15 is 0 Å². The van der Waals surface area contributed by atoms with Crippen LogP contribution in [0.2, 0.25) is 0 Å². The number of carboxylic acids is 2. The van der Waals surface area contributed by atoms with Gasteiger partial charge >= 0.3 is 37.7 Å². The minimum Gasteiger partial charge on any atom is -0.545 e. The molecule has 0 aliphatic carbocycles. The average molecular weight is 873 g/mol. The zero-order valence-electron chi connectivity index (χ0n) is 38.8. The number of benzene rings is 2. The Morgan fingerprint density at radius 3 is 0.705 bits per heavy atom. The van der Waals surface area contributed by atoms with Gasteiger partial charge in [0.2, 0.25) is 0 Å². The molecule has 61 heavy (non-hydrogen) atoms. The molecule has 0 aliphatic rings. The van der Waals surface area contributed by atoms with Crippen LogP contribution >= 0.6 is 0 Å². The largest absolute Gasteiger partial charge is 2.00 e. The van der Waals surface area contributed by atoms with Gasteiger partial charge in [-0.15, -0.1) is 0 Å². The predicted molar refractivity (Wildman–Crippen MR) is 251 cm³/mol. The summed E-state index contributed by atoms with van der Waals surface area (Å²) >= 11 is 0. The first kappa shape index (κ1) is 58.6. The molecule has 2 aromatic rings. The Balaban J connectivity index is 0.00000116. The molecule has 0 unspecified atom stereocenters. The molecule has 2 aromatic carbocycles. The van der Waals surface area contributed by atoms with Crippen LogP contribution in [-0.2, 0) is 0 Å². The van der Waals surface area contributed by atoms with Gasteiger partial charge in [0.15, 0.2) is 0 Å². The van der Waals surface area contributed by atoms with Gasteiger partial charge < -0.3 is 30.4 Å². The molecular formula is C52H84CaN2O6. The molecule has 0 fully saturated rings. The Bertz CT molecular complexity index is 1250. The SMILES string of the molecule is CCCCCCCCCCCCCCCCCCNC(=O)c1ccc(C(=O)[O-])cc1.CCCCCCCCCCCCCCCCCCNC(=O)c1ccc(C(=O)[O-])cc1.[Ca+2]. The first-order chi connectivity index (χ1) is 29.3. The fourth-order valence-electron chi connectivity index (χ4n) is 7.47. The van der Waals surface area contributed by atoms with Gasteiger partial charge in [0.25, 0.3) is 11.8 Å². The molecular weight excluding hydrogens is 789 g/mol. The summed E-state index contributed by atoms with van der Waals surface area (Å²) in [6.07, 6.45) is 42.7. The maximum absolute atomic E-state index is 12.0. The molecule has 2 N–H and O–H groups in total. The summed E-state index contributed by atoms with van der Waals surface area (Å²) < 4.78 is 0. The number of aromatic carboxylic acids is 2. The van der Waals surface area contributed by atoms with Crippen LogP contribution in [0.1, 0.15) is 261 Å². The number of nitrogens with one attached hydrogen (secondary N) is 2.